The largest absolute Gasteiger partial charge is 3.00 e. The van der Waals surface area contributed by atoms with E-state index in [-0.39, 0.29) is 47.4 Å². The molecule has 90 valence electrons. The summed E-state index contributed by atoms with van der Waals surface area (Å²) >= 11 is 10.0. The van der Waals surface area contributed by atoms with Crippen molar-refractivity contribution in [3.63, 3.8) is 0 Å². The van der Waals surface area contributed by atoms with E-state index in [1.807, 2.05) is 12.2 Å². The van der Waals surface area contributed by atoms with Crippen molar-refractivity contribution in [3.8, 4) is 0 Å². The van der Waals surface area contributed by atoms with Crippen LogP contribution in [0.5, 0.6) is 0 Å². The summed E-state index contributed by atoms with van der Waals surface area (Å²) in [4.78, 5) is 0. The Labute approximate surface area is 136 Å². The monoisotopic (exact) mass is 390 g/mol. The van der Waals surface area contributed by atoms with Gasteiger partial charge >= 0.3 is 35.6 Å². The van der Waals surface area contributed by atoms with Gasteiger partial charge in [-0.3, -0.25) is 6.08 Å². The first-order chi connectivity index (χ1) is 7.04. The average Bonchev–Trinajstić information content (AvgIpc) is 2.76. The SMILES string of the molecule is CC([O-])CCl.CC([O-])CCl.[C-]1=CC=CC1.[La+3]. The van der Waals surface area contributed by atoms with Gasteiger partial charge in [0.15, 0.2) is 0 Å². The molecule has 0 spiro atoms. The number of hydrogen-bond donors (Lipinski definition) is 0. The maximum atomic E-state index is 9.76. The molecule has 2 nitrogen and oxygen atoms in total. The third-order valence-corrected chi connectivity index (χ3v) is 1.89. The van der Waals surface area contributed by atoms with Crippen LogP contribution < -0.4 is 10.2 Å². The predicted molar refractivity (Wildman–Crippen MR) is 61.9 cm³/mol. The minimum atomic E-state index is -0.600. The van der Waals surface area contributed by atoms with E-state index < -0.39 is 12.2 Å². The zero-order valence-corrected chi connectivity index (χ0v) is 14.8. The van der Waals surface area contributed by atoms with E-state index >= 15 is 0 Å². The van der Waals surface area contributed by atoms with Gasteiger partial charge in [0.05, 0.1) is 0 Å². The average molecular weight is 391 g/mol. The van der Waals surface area contributed by atoms with Crippen molar-refractivity contribution in [2.45, 2.75) is 32.5 Å². The van der Waals surface area contributed by atoms with E-state index in [1.54, 1.807) is 0 Å². The zero-order valence-electron chi connectivity index (χ0n) is 9.66. The zero-order chi connectivity index (χ0) is 12.1. The van der Waals surface area contributed by atoms with Crippen molar-refractivity contribution in [1.29, 1.82) is 0 Å². The van der Waals surface area contributed by atoms with Gasteiger partial charge in [-0.25, -0.2) is 12.2 Å². The van der Waals surface area contributed by atoms with Crippen LogP contribution in [0.15, 0.2) is 18.2 Å². The summed E-state index contributed by atoms with van der Waals surface area (Å²) < 4.78 is 0. The normalized spacial score (nSPS) is 14.9. The molecule has 0 N–H and O–H groups in total. The summed E-state index contributed by atoms with van der Waals surface area (Å²) in [5, 5.41) is 19.5. The maximum absolute atomic E-state index is 9.76. The van der Waals surface area contributed by atoms with Gasteiger partial charge in [0, 0.05) is 11.8 Å². The predicted octanol–water partition coefficient (Wildman–Crippen LogP) is 1.25. The Morgan fingerprint density at radius 3 is 1.62 bits per heavy atom. The molecule has 0 radical (unpaired) electrons. The number of alkyl halides is 2. The summed E-state index contributed by atoms with van der Waals surface area (Å²) in [5.74, 6) is 0.444. The molecule has 0 bridgehead atoms. The van der Waals surface area contributed by atoms with Gasteiger partial charge in [0.25, 0.3) is 0 Å². The van der Waals surface area contributed by atoms with Crippen molar-refractivity contribution in [3.05, 3.63) is 24.3 Å². The topological polar surface area (TPSA) is 46.1 Å². The molecule has 0 saturated heterocycles. The van der Waals surface area contributed by atoms with E-state index in [2.05, 4.69) is 12.2 Å². The van der Waals surface area contributed by atoms with Crippen molar-refractivity contribution >= 4 is 23.2 Å². The first-order valence-electron chi connectivity index (χ1n) is 4.69. The van der Waals surface area contributed by atoms with Crippen molar-refractivity contribution < 1.29 is 45.8 Å². The second-order valence-electron chi connectivity index (χ2n) is 2.93. The van der Waals surface area contributed by atoms with Crippen LogP contribution in [0.3, 0.4) is 0 Å². The van der Waals surface area contributed by atoms with Crippen LogP contribution in [0.4, 0.5) is 0 Å². The molecule has 1 aliphatic carbocycles. The van der Waals surface area contributed by atoms with Crippen LogP contribution in [-0.2, 0) is 0 Å². The summed E-state index contributed by atoms with van der Waals surface area (Å²) in [6.07, 6.45) is 8.80. The fourth-order valence-corrected chi connectivity index (χ4v) is 0.340. The molecule has 0 fully saturated rings. The summed E-state index contributed by atoms with van der Waals surface area (Å²) in [6, 6.07) is 0. The Morgan fingerprint density at radius 2 is 1.56 bits per heavy atom. The van der Waals surface area contributed by atoms with Crippen LogP contribution >= 0.6 is 23.2 Å². The van der Waals surface area contributed by atoms with Crippen molar-refractivity contribution in [1.82, 2.24) is 0 Å². The van der Waals surface area contributed by atoms with Crippen molar-refractivity contribution in [2.75, 3.05) is 11.8 Å². The van der Waals surface area contributed by atoms with E-state index in [9.17, 15) is 10.2 Å². The Hall–Kier alpha value is 1.17. The molecule has 2 unspecified atom stereocenters. The Balaban J connectivity index is -0.000000154. The molecule has 0 amide bonds. The first kappa shape index (κ1) is 22.4. The third kappa shape index (κ3) is 29.5. The first-order valence-corrected chi connectivity index (χ1v) is 5.76. The summed E-state index contributed by atoms with van der Waals surface area (Å²) in [7, 11) is 0. The van der Waals surface area contributed by atoms with Gasteiger partial charge in [-0.1, -0.05) is 13.8 Å². The molecule has 0 aromatic rings. The van der Waals surface area contributed by atoms with E-state index in [1.165, 1.54) is 13.8 Å². The number of allylic oxidation sites excluding steroid dienone is 4. The molecule has 0 saturated carbocycles. The molecule has 16 heavy (non-hydrogen) atoms. The van der Waals surface area contributed by atoms with Crippen LogP contribution in [0.25, 0.3) is 0 Å². The van der Waals surface area contributed by atoms with Crippen molar-refractivity contribution in [2.24, 2.45) is 0 Å². The Bertz CT molecular complexity index is 153. The van der Waals surface area contributed by atoms with E-state index in [0.717, 1.165) is 6.42 Å². The van der Waals surface area contributed by atoms with Crippen LogP contribution in [0.2, 0.25) is 0 Å². The maximum Gasteiger partial charge on any atom is 3.00 e. The molecular weight excluding hydrogens is 374 g/mol. The molecule has 5 heteroatoms. The molecule has 1 rings (SSSR count). The van der Waals surface area contributed by atoms with E-state index in [4.69, 9.17) is 23.2 Å². The molecule has 1 aliphatic rings. The fourth-order valence-electron chi connectivity index (χ4n) is 0.340. The fraction of sp³-hybridized carbons (Fsp3) is 0.636. The molecule has 0 aromatic heterocycles. The second kappa shape index (κ2) is 18.5. The molecule has 0 aliphatic heterocycles. The summed E-state index contributed by atoms with van der Waals surface area (Å²) in [6.45, 7) is 3.07. The summed E-state index contributed by atoms with van der Waals surface area (Å²) in [5.41, 5.74) is 0. The molecule has 0 aromatic carbocycles. The number of halogens is 2. The smallest absolute Gasteiger partial charge is 0.851 e. The molecular formula is C11H17Cl2LaO2. The Morgan fingerprint density at radius 1 is 1.19 bits per heavy atom. The van der Waals surface area contributed by atoms with Crippen LogP contribution in [0.1, 0.15) is 20.3 Å². The van der Waals surface area contributed by atoms with Gasteiger partial charge < -0.3 is 10.2 Å². The molecule has 0 heterocycles. The third-order valence-electron chi connectivity index (χ3n) is 1.02. The standard InChI is InChI=1S/C5H5.2C3H6ClO.La/c1-2-4-5-3-1;2*1-3(5)2-4;/h1-3H,4H2;2*3H,2H2,1H3;/q3*-1;+3. The van der Waals surface area contributed by atoms with E-state index in [0.29, 0.717) is 0 Å². The van der Waals surface area contributed by atoms with Gasteiger partial charge in [0.1, 0.15) is 0 Å². The van der Waals surface area contributed by atoms with Gasteiger partial charge in [-0.15, -0.1) is 41.8 Å². The van der Waals surface area contributed by atoms with Gasteiger partial charge in [-0.2, -0.15) is 6.08 Å². The van der Waals surface area contributed by atoms with Crippen LogP contribution in [0, 0.1) is 41.7 Å². The number of hydrogen-bond acceptors (Lipinski definition) is 2. The molecule has 2 atom stereocenters. The number of rotatable bonds is 2. The van der Waals surface area contributed by atoms with Gasteiger partial charge in [0.2, 0.25) is 0 Å². The minimum absolute atomic E-state index is 0. The quantitative estimate of drug-likeness (QED) is 0.526. The second-order valence-corrected chi connectivity index (χ2v) is 3.55. The minimum Gasteiger partial charge on any atom is -0.851 e. The van der Waals surface area contributed by atoms with Crippen LogP contribution in [-0.4, -0.2) is 24.0 Å². The van der Waals surface area contributed by atoms with Gasteiger partial charge in [-0.05, 0) is 0 Å². The Kier molecular flexibility index (Phi) is 25.9.